The number of ether oxygens (including phenoxy) is 2. The van der Waals surface area contributed by atoms with Crippen LogP contribution in [0.3, 0.4) is 0 Å². The van der Waals surface area contributed by atoms with Crippen molar-refractivity contribution in [2.45, 2.75) is 19.0 Å². The number of methoxy groups -OCH3 is 1. The van der Waals surface area contributed by atoms with Crippen molar-refractivity contribution in [3.05, 3.63) is 18.0 Å². The highest BCUT2D eigenvalue weighted by atomic mass is 16.5. The molecule has 1 fully saturated rings. The number of fused-ring (bicyclic) bond motifs is 1. The Labute approximate surface area is 134 Å². The number of hydrogen-bond acceptors (Lipinski definition) is 5. The first kappa shape index (κ1) is 15.9. The molecule has 0 N–H and O–H groups in total. The maximum absolute atomic E-state index is 12.5. The fraction of sp³-hybridized carbons (Fsp3) is 0.667. The van der Waals surface area contributed by atoms with E-state index in [1.54, 1.807) is 11.1 Å². The van der Waals surface area contributed by atoms with Gasteiger partial charge in [-0.3, -0.25) is 14.3 Å². The second-order valence-electron chi connectivity index (χ2n) is 5.83. The predicted octanol–water partition coefficient (Wildman–Crippen LogP) is -0.338. The first-order chi connectivity index (χ1) is 11.2. The van der Waals surface area contributed by atoms with E-state index in [-0.39, 0.29) is 24.5 Å². The SMILES string of the molecule is COCC(=O)N1Cc2ccnn2[C@H](CC(=O)N2CCOCC2)C1. The van der Waals surface area contributed by atoms with Crippen molar-refractivity contribution in [3.63, 3.8) is 0 Å². The average Bonchev–Trinajstić information content (AvgIpc) is 3.04. The zero-order valence-electron chi connectivity index (χ0n) is 13.3. The molecule has 8 nitrogen and oxygen atoms in total. The van der Waals surface area contributed by atoms with Gasteiger partial charge in [-0.15, -0.1) is 0 Å². The summed E-state index contributed by atoms with van der Waals surface area (Å²) < 4.78 is 12.1. The van der Waals surface area contributed by atoms with E-state index in [1.165, 1.54) is 7.11 Å². The molecule has 0 radical (unpaired) electrons. The van der Waals surface area contributed by atoms with E-state index >= 15 is 0 Å². The van der Waals surface area contributed by atoms with Gasteiger partial charge in [-0.2, -0.15) is 5.10 Å². The number of nitrogens with zero attached hydrogens (tertiary/aromatic N) is 4. The zero-order valence-corrected chi connectivity index (χ0v) is 13.3. The molecule has 1 aromatic heterocycles. The van der Waals surface area contributed by atoms with Crippen LogP contribution in [-0.2, 0) is 25.6 Å². The molecule has 1 atom stereocenters. The Morgan fingerprint density at radius 1 is 1.30 bits per heavy atom. The lowest BCUT2D eigenvalue weighted by Crippen LogP contribution is -2.46. The van der Waals surface area contributed by atoms with E-state index in [0.29, 0.717) is 45.8 Å². The van der Waals surface area contributed by atoms with E-state index in [9.17, 15) is 9.59 Å². The van der Waals surface area contributed by atoms with Gasteiger partial charge in [-0.25, -0.2) is 0 Å². The summed E-state index contributed by atoms with van der Waals surface area (Å²) in [6.07, 6.45) is 2.05. The molecule has 1 saturated heterocycles. The molecule has 0 saturated carbocycles. The highest BCUT2D eigenvalue weighted by Gasteiger charge is 2.31. The monoisotopic (exact) mass is 322 g/mol. The molecule has 23 heavy (non-hydrogen) atoms. The third kappa shape index (κ3) is 3.53. The summed E-state index contributed by atoms with van der Waals surface area (Å²) in [4.78, 5) is 28.2. The van der Waals surface area contributed by atoms with Crippen LogP contribution >= 0.6 is 0 Å². The van der Waals surface area contributed by atoms with Crippen LogP contribution in [-0.4, -0.2) is 78.0 Å². The van der Waals surface area contributed by atoms with Gasteiger partial charge in [0, 0.05) is 32.9 Å². The van der Waals surface area contributed by atoms with Gasteiger partial charge in [0.05, 0.1) is 37.9 Å². The van der Waals surface area contributed by atoms with Crippen LogP contribution in [0.25, 0.3) is 0 Å². The van der Waals surface area contributed by atoms with Crippen LogP contribution in [0, 0.1) is 0 Å². The van der Waals surface area contributed by atoms with Gasteiger partial charge in [0.25, 0.3) is 0 Å². The summed E-state index contributed by atoms with van der Waals surface area (Å²) in [6.45, 7) is 3.47. The smallest absolute Gasteiger partial charge is 0.248 e. The summed E-state index contributed by atoms with van der Waals surface area (Å²) >= 11 is 0. The van der Waals surface area contributed by atoms with E-state index in [0.717, 1.165) is 5.69 Å². The zero-order chi connectivity index (χ0) is 16.2. The van der Waals surface area contributed by atoms with Crippen LogP contribution in [0.4, 0.5) is 0 Å². The molecule has 8 heteroatoms. The molecule has 3 heterocycles. The Hall–Kier alpha value is -1.93. The lowest BCUT2D eigenvalue weighted by atomic mass is 10.1. The van der Waals surface area contributed by atoms with Gasteiger partial charge in [0.2, 0.25) is 11.8 Å². The number of amides is 2. The number of aromatic nitrogens is 2. The number of morpholine rings is 1. The molecule has 0 spiro atoms. The fourth-order valence-corrected chi connectivity index (χ4v) is 3.09. The molecule has 3 rings (SSSR count). The maximum Gasteiger partial charge on any atom is 0.248 e. The van der Waals surface area contributed by atoms with Crippen molar-refractivity contribution in [2.75, 3.05) is 46.6 Å². The van der Waals surface area contributed by atoms with Crippen LogP contribution in [0.1, 0.15) is 18.2 Å². The lowest BCUT2D eigenvalue weighted by Gasteiger charge is -2.35. The van der Waals surface area contributed by atoms with E-state index in [1.807, 2.05) is 15.6 Å². The topological polar surface area (TPSA) is 76.9 Å². The van der Waals surface area contributed by atoms with E-state index in [2.05, 4.69) is 5.10 Å². The normalized spacial score (nSPS) is 21.2. The van der Waals surface area contributed by atoms with Crippen molar-refractivity contribution < 1.29 is 19.1 Å². The third-order valence-electron chi connectivity index (χ3n) is 4.28. The average molecular weight is 322 g/mol. The fourth-order valence-electron chi connectivity index (χ4n) is 3.09. The van der Waals surface area contributed by atoms with Gasteiger partial charge in [-0.1, -0.05) is 0 Å². The molecular weight excluding hydrogens is 300 g/mol. The van der Waals surface area contributed by atoms with Gasteiger partial charge < -0.3 is 19.3 Å². The van der Waals surface area contributed by atoms with Gasteiger partial charge in [-0.05, 0) is 6.07 Å². The minimum Gasteiger partial charge on any atom is -0.378 e. The third-order valence-corrected chi connectivity index (χ3v) is 4.28. The molecule has 0 aromatic carbocycles. The minimum atomic E-state index is -0.134. The molecule has 2 aliphatic rings. The van der Waals surface area contributed by atoms with Crippen molar-refractivity contribution >= 4 is 11.8 Å². The van der Waals surface area contributed by atoms with Gasteiger partial charge in [0.1, 0.15) is 6.61 Å². The second kappa shape index (κ2) is 7.10. The first-order valence-corrected chi connectivity index (χ1v) is 7.83. The lowest BCUT2D eigenvalue weighted by molar-refractivity contribution is -0.140. The van der Waals surface area contributed by atoms with Crippen molar-refractivity contribution in [2.24, 2.45) is 0 Å². The summed E-state index contributed by atoms with van der Waals surface area (Å²) in [5.74, 6) is 0.0181. The standard InChI is InChI=1S/C15H22N4O4/c1-22-11-15(21)18-9-12-2-3-16-19(12)13(10-18)8-14(20)17-4-6-23-7-5-17/h2-3,13H,4-11H2,1H3/t13-/m1/s1. The van der Waals surface area contributed by atoms with Crippen LogP contribution < -0.4 is 0 Å². The molecule has 0 unspecified atom stereocenters. The number of hydrogen-bond donors (Lipinski definition) is 0. The summed E-state index contributed by atoms with van der Waals surface area (Å²) in [6, 6.07) is 1.75. The number of carbonyl (C=O) groups excluding carboxylic acids is 2. The molecule has 2 aliphatic heterocycles. The van der Waals surface area contributed by atoms with Crippen molar-refractivity contribution in [1.29, 1.82) is 0 Å². The Morgan fingerprint density at radius 3 is 2.83 bits per heavy atom. The highest BCUT2D eigenvalue weighted by Crippen LogP contribution is 2.24. The van der Waals surface area contributed by atoms with Crippen molar-refractivity contribution in [1.82, 2.24) is 19.6 Å². The van der Waals surface area contributed by atoms with Gasteiger partial charge >= 0.3 is 0 Å². The van der Waals surface area contributed by atoms with Gasteiger partial charge in [0.15, 0.2) is 0 Å². The van der Waals surface area contributed by atoms with E-state index in [4.69, 9.17) is 9.47 Å². The maximum atomic E-state index is 12.5. The molecule has 0 bridgehead atoms. The Morgan fingerprint density at radius 2 is 2.09 bits per heavy atom. The number of carbonyl (C=O) groups is 2. The minimum absolute atomic E-state index is 0.0538. The molecule has 1 aromatic rings. The number of rotatable bonds is 4. The van der Waals surface area contributed by atoms with Crippen LogP contribution in [0.2, 0.25) is 0 Å². The first-order valence-electron chi connectivity index (χ1n) is 7.83. The quantitative estimate of drug-likeness (QED) is 0.758. The molecule has 2 amide bonds. The second-order valence-corrected chi connectivity index (χ2v) is 5.83. The summed E-state index contributed by atoms with van der Waals surface area (Å²) in [5, 5.41) is 4.33. The van der Waals surface area contributed by atoms with Crippen LogP contribution in [0.5, 0.6) is 0 Å². The Kier molecular flexibility index (Phi) is 4.92. The van der Waals surface area contributed by atoms with Crippen molar-refractivity contribution in [3.8, 4) is 0 Å². The Balaban J connectivity index is 1.70. The molecule has 0 aliphatic carbocycles. The highest BCUT2D eigenvalue weighted by molar-refractivity contribution is 5.78. The molecular formula is C15H22N4O4. The predicted molar refractivity (Wildman–Crippen MR) is 80.6 cm³/mol. The largest absolute Gasteiger partial charge is 0.378 e. The molecule has 126 valence electrons. The summed E-state index contributed by atoms with van der Waals surface area (Å²) in [5.41, 5.74) is 0.945. The van der Waals surface area contributed by atoms with Crippen LogP contribution in [0.15, 0.2) is 12.3 Å². The Bertz CT molecular complexity index is 568. The summed E-state index contributed by atoms with van der Waals surface area (Å²) in [7, 11) is 1.51. The van der Waals surface area contributed by atoms with E-state index < -0.39 is 0 Å².